The molecular formula is C26H32FN3O2. The highest BCUT2D eigenvalue weighted by molar-refractivity contribution is 5.95. The molecule has 2 aliphatic carbocycles. The fraction of sp³-hybridized carbons (Fsp3) is 0.462. The molecule has 0 aliphatic heterocycles. The average Bonchev–Trinajstić information content (AvgIpc) is 3.33. The summed E-state index contributed by atoms with van der Waals surface area (Å²) in [5.74, 6) is -0.487. The minimum Gasteiger partial charge on any atom is -0.330 e. The van der Waals surface area contributed by atoms with E-state index >= 15 is 0 Å². The number of nitrogens with zero attached hydrogens (tertiary/aromatic N) is 1. The SMILES string of the molecule is NC1CCCCC1N(Cc1cccc(NC(=O)C2CCCC2)c1)C(=O)c1cccc(F)c1. The highest BCUT2D eigenvalue weighted by Gasteiger charge is 2.32. The fourth-order valence-corrected chi connectivity index (χ4v) is 5.03. The molecule has 0 spiro atoms. The van der Waals surface area contributed by atoms with Crippen molar-refractivity contribution in [2.24, 2.45) is 11.7 Å². The van der Waals surface area contributed by atoms with E-state index in [2.05, 4.69) is 5.32 Å². The summed E-state index contributed by atoms with van der Waals surface area (Å²) in [6.45, 7) is 0.362. The van der Waals surface area contributed by atoms with E-state index in [4.69, 9.17) is 5.73 Å². The highest BCUT2D eigenvalue weighted by atomic mass is 19.1. The molecule has 0 saturated heterocycles. The molecule has 2 amide bonds. The zero-order valence-electron chi connectivity index (χ0n) is 18.4. The Morgan fingerprint density at radius 1 is 0.969 bits per heavy atom. The summed E-state index contributed by atoms with van der Waals surface area (Å²) < 4.78 is 13.8. The van der Waals surface area contributed by atoms with Crippen LogP contribution < -0.4 is 11.1 Å². The molecule has 0 aromatic heterocycles. The zero-order valence-corrected chi connectivity index (χ0v) is 18.4. The first-order chi connectivity index (χ1) is 15.5. The van der Waals surface area contributed by atoms with Crippen LogP contribution in [0.25, 0.3) is 0 Å². The predicted octanol–water partition coefficient (Wildman–Crippen LogP) is 4.87. The van der Waals surface area contributed by atoms with Crippen LogP contribution in [0.3, 0.4) is 0 Å². The first-order valence-electron chi connectivity index (χ1n) is 11.7. The van der Waals surface area contributed by atoms with Crippen molar-refractivity contribution < 1.29 is 14.0 Å². The Bertz CT molecular complexity index is 958. The van der Waals surface area contributed by atoms with E-state index < -0.39 is 5.82 Å². The summed E-state index contributed by atoms with van der Waals surface area (Å²) in [6, 6.07) is 13.3. The molecule has 2 saturated carbocycles. The number of benzene rings is 2. The number of halogens is 1. The second-order valence-electron chi connectivity index (χ2n) is 9.13. The molecule has 2 aliphatic rings. The Morgan fingerprint density at radius 3 is 2.44 bits per heavy atom. The van der Waals surface area contributed by atoms with Crippen LogP contribution in [0.5, 0.6) is 0 Å². The number of carbonyl (C=O) groups is 2. The monoisotopic (exact) mass is 437 g/mol. The van der Waals surface area contributed by atoms with Gasteiger partial charge in [0.15, 0.2) is 0 Å². The molecule has 3 N–H and O–H groups in total. The number of anilines is 1. The van der Waals surface area contributed by atoms with Crippen molar-refractivity contribution in [2.45, 2.75) is 70.0 Å². The lowest BCUT2D eigenvalue weighted by Gasteiger charge is -2.38. The summed E-state index contributed by atoms with van der Waals surface area (Å²) in [7, 11) is 0. The van der Waals surface area contributed by atoms with E-state index in [-0.39, 0.29) is 29.8 Å². The molecule has 2 atom stereocenters. The van der Waals surface area contributed by atoms with Gasteiger partial charge in [-0.25, -0.2) is 4.39 Å². The maximum Gasteiger partial charge on any atom is 0.254 e. The fourth-order valence-electron chi connectivity index (χ4n) is 5.03. The van der Waals surface area contributed by atoms with Crippen LogP contribution in [0.2, 0.25) is 0 Å². The molecule has 4 rings (SSSR count). The third-order valence-electron chi connectivity index (χ3n) is 6.79. The first kappa shape index (κ1) is 22.5. The number of amides is 2. The van der Waals surface area contributed by atoms with Crippen molar-refractivity contribution in [2.75, 3.05) is 5.32 Å². The van der Waals surface area contributed by atoms with Crippen LogP contribution in [-0.4, -0.2) is 28.8 Å². The third-order valence-corrected chi connectivity index (χ3v) is 6.79. The van der Waals surface area contributed by atoms with Crippen molar-refractivity contribution >= 4 is 17.5 Å². The first-order valence-corrected chi connectivity index (χ1v) is 11.7. The molecular weight excluding hydrogens is 405 g/mol. The molecule has 170 valence electrons. The normalized spacial score (nSPS) is 21.3. The highest BCUT2D eigenvalue weighted by Crippen LogP contribution is 2.28. The van der Waals surface area contributed by atoms with Gasteiger partial charge in [-0.3, -0.25) is 9.59 Å². The number of nitrogens with two attached hydrogens (primary N) is 1. The van der Waals surface area contributed by atoms with Gasteiger partial charge < -0.3 is 16.0 Å². The largest absolute Gasteiger partial charge is 0.330 e. The van der Waals surface area contributed by atoms with E-state index in [0.29, 0.717) is 12.1 Å². The Hall–Kier alpha value is -2.73. The smallest absolute Gasteiger partial charge is 0.254 e. The Labute approximate surface area is 189 Å². The van der Waals surface area contributed by atoms with Crippen LogP contribution in [0.1, 0.15) is 67.3 Å². The van der Waals surface area contributed by atoms with Gasteiger partial charge in [-0.2, -0.15) is 0 Å². The number of rotatable bonds is 6. The summed E-state index contributed by atoms with van der Waals surface area (Å²) in [4.78, 5) is 27.7. The Morgan fingerprint density at radius 2 is 1.69 bits per heavy atom. The minimum atomic E-state index is -0.430. The summed E-state index contributed by atoms with van der Waals surface area (Å²) >= 11 is 0. The molecule has 6 heteroatoms. The minimum absolute atomic E-state index is 0.0710. The van der Waals surface area contributed by atoms with Crippen LogP contribution in [-0.2, 0) is 11.3 Å². The van der Waals surface area contributed by atoms with Gasteiger partial charge in [0.1, 0.15) is 5.82 Å². The molecule has 32 heavy (non-hydrogen) atoms. The van der Waals surface area contributed by atoms with Gasteiger partial charge in [0.25, 0.3) is 5.91 Å². The standard InChI is InChI=1S/C26H32FN3O2/c27-21-11-6-10-20(16-21)26(32)30(24-14-4-3-13-23(24)28)17-18-7-5-12-22(15-18)29-25(31)19-8-1-2-9-19/h5-7,10-12,15-16,19,23-24H,1-4,8-9,13-14,17,28H2,(H,29,31). The van der Waals surface area contributed by atoms with Gasteiger partial charge in [-0.05, 0) is 61.6 Å². The van der Waals surface area contributed by atoms with Crippen LogP contribution in [0.4, 0.5) is 10.1 Å². The van der Waals surface area contributed by atoms with E-state index in [9.17, 15) is 14.0 Å². The molecule has 0 bridgehead atoms. The molecule has 2 fully saturated rings. The van der Waals surface area contributed by atoms with E-state index in [1.807, 2.05) is 24.3 Å². The lowest BCUT2D eigenvalue weighted by atomic mass is 9.89. The van der Waals surface area contributed by atoms with Gasteiger partial charge in [0.2, 0.25) is 5.91 Å². The average molecular weight is 438 g/mol. The van der Waals surface area contributed by atoms with Crippen molar-refractivity contribution in [3.63, 3.8) is 0 Å². The maximum absolute atomic E-state index is 13.8. The molecule has 2 aromatic carbocycles. The Kier molecular flexibility index (Phi) is 7.20. The molecule has 5 nitrogen and oxygen atoms in total. The second-order valence-corrected chi connectivity index (χ2v) is 9.13. The summed E-state index contributed by atoms with van der Waals surface area (Å²) in [6.07, 6.45) is 7.89. The number of hydrogen-bond acceptors (Lipinski definition) is 3. The predicted molar refractivity (Wildman–Crippen MR) is 124 cm³/mol. The summed E-state index contributed by atoms with van der Waals surface area (Å²) in [5.41, 5.74) is 8.40. The molecule has 0 radical (unpaired) electrons. The van der Waals surface area contributed by atoms with Crippen molar-refractivity contribution in [1.29, 1.82) is 0 Å². The quantitative estimate of drug-likeness (QED) is 0.677. The van der Waals surface area contributed by atoms with E-state index in [1.165, 1.54) is 12.1 Å². The van der Waals surface area contributed by atoms with Crippen LogP contribution >= 0.6 is 0 Å². The van der Waals surface area contributed by atoms with Gasteiger partial charge in [0, 0.05) is 35.8 Å². The van der Waals surface area contributed by atoms with Gasteiger partial charge in [-0.1, -0.05) is 43.9 Å². The van der Waals surface area contributed by atoms with Gasteiger partial charge >= 0.3 is 0 Å². The van der Waals surface area contributed by atoms with Crippen molar-refractivity contribution in [3.05, 3.63) is 65.5 Å². The molecule has 2 unspecified atom stereocenters. The molecule has 0 heterocycles. The lowest BCUT2D eigenvalue weighted by Crippen LogP contribution is -2.51. The number of hydrogen-bond donors (Lipinski definition) is 2. The topological polar surface area (TPSA) is 75.4 Å². The number of nitrogens with one attached hydrogen (secondary N) is 1. The van der Waals surface area contributed by atoms with Crippen molar-refractivity contribution in [3.8, 4) is 0 Å². The number of carbonyl (C=O) groups excluding carboxylic acids is 2. The second kappa shape index (κ2) is 10.3. The van der Waals surface area contributed by atoms with E-state index in [0.717, 1.165) is 62.6 Å². The zero-order chi connectivity index (χ0) is 22.5. The van der Waals surface area contributed by atoms with Gasteiger partial charge in [-0.15, -0.1) is 0 Å². The van der Waals surface area contributed by atoms with E-state index in [1.54, 1.807) is 17.0 Å². The van der Waals surface area contributed by atoms with Crippen LogP contribution in [0.15, 0.2) is 48.5 Å². The van der Waals surface area contributed by atoms with Crippen LogP contribution in [0, 0.1) is 11.7 Å². The van der Waals surface area contributed by atoms with Crippen molar-refractivity contribution in [1.82, 2.24) is 4.90 Å². The molecule has 2 aromatic rings. The maximum atomic E-state index is 13.8. The lowest BCUT2D eigenvalue weighted by molar-refractivity contribution is -0.119. The summed E-state index contributed by atoms with van der Waals surface area (Å²) in [5, 5.41) is 3.04. The third kappa shape index (κ3) is 5.36. The Balaban J connectivity index is 1.55. The van der Waals surface area contributed by atoms with Gasteiger partial charge in [0.05, 0.1) is 0 Å².